The second kappa shape index (κ2) is 12.7. The number of aromatic nitrogens is 4. The van der Waals surface area contributed by atoms with Gasteiger partial charge in [-0.3, -0.25) is 4.79 Å². The molecule has 0 saturated carbocycles. The number of benzene rings is 2. The number of nitrogens with zero attached hydrogens (tertiary/aromatic N) is 4. The number of carbonyl (C=O) groups is 3. The number of carboxylic acids is 1. The lowest BCUT2D eigenvalue weighted by Gasteiger charge is -2.16. The Labute approximate surface area is 238 Å². The maximum absolute atomic E-state index is 13.0. The molecule has 11 nitrogen and oxygen atoms in total. The number of ether oxygens (including phenoxy) is 1. The van der Waals surface area contributed by atoms with Crippen molar-refractivity contribution in [1.29, 1.82) is 0 Å². The number of nitrogens with two attached hydrogens (primary N) is 1. The zero-order chi connectivity index (χ0) is 29.7. The second-order valence-corrected chi connectivity index (χ2v) is 9.42. The fourth-order valence-electron chi connectivity index (χ4n) is 4.45. The number of hydrogen-bond donors (Lipinski definition) is 3. The first-order valence-electron chi connectivity index (χ1n) is 12.4. The highest BCUT2D eigenvalue weighted by atomic mass is 35.5. The minimum Gasteiger partial charge on any atom is -0.477 e. The molecule has 1 aliphatic carbocycles. The fourth-order valence-corrected chi connectivity index (χ4v) is 4.65. The van der Waals surface area contributed by atoms with E-state index in [-0.39, 0.29) is 34.8 Å². The quantitative estimate of drug-likeness (QED) is 0.218. The number of amides is 1. The number of esters is 1. The molecule has 0 unspecified atom stereocenters. The van der Waals surface area contributed by atoms with Crippen LogP contribution >= 0.6 is 11.6 Å². The Morgan fingerprint density at radius 3 is 2.76 bits per heavy atom. The summed E-state index contributed by atoms with van der Waals surface area (Å²) >= 11 is 5.46. The van der Waals surface area contributed by atoms with E-state index in [9.17, 15) is 23.9 Å². The van der Waals surface area contributed by atoms with Gasteiger partial charge in [0.1, 0.15) is 24.4 Å². The molecule has 2 aromatic heterocycles. The SMILES string of the molecule is C=CCOC(=O)c1ccc2c(c1C)CC[C@@H]2NC(=O)c1cc(C(=O)O)nc2ncnn12.NCc1ccc(F)c(Cl)c1. The van der Waals surface area contributed by atoms with Crippen molar-refractivity contribution in [2.75, 3.05) is 6.61 Å². The van der Waals surface area contributed by atoms with Crippen molar-refractivity contribution in [3.05, 3.63) is 105 Å². The molecule has 1 aliphatic rings. The number of carboxylic acid groups (broad SMARTS) is 1. The van der Waals surface area contributed by atoms with Gasteiger partial charge in [-0.1, -0.05) is 36.4 Å². The largest absolute Gasteiger partial charge is 0.477 e. The zero-order valence-corrected chi connectivity index (χ0v) is 22.7. The minimum absolute atomic E-state index is 0.0229. The van der Waals surface area contributed by atoms with Crippen LogP contribution in [-0.4, -0.2) is 49.1 Å². The van der Waals surface area contributed by atoms with Crippen molar-refractivity contribution in [2.45, 2.75) is 32.4 Å². The number of halogens is 2. The van der Waals surface area contributed by atoms with Crippen molar-refractivity contribution in [3.63, 3.8) is 0 Å². The van der Waals surface area contributed by atoms with Crippen molar-refractivity contribution in [1.82, 2.24) is 24.9 Å². The monoisotopic (exact) mass is 580 g/mol. The molecule has 0 saturated heterocycles. The topological polar surface area (TPSA) is 162 Å². The molecule has 0 aliphatic heterocycles. The predicted molar refractivity (Wildman–Crippen MR) is 147 cm³/mol. The van der Waals surface area contributed by atoms with Gasteiger partial charge in [0.25, 0.3) is 11.7 Å². The number of hydrogen-bond acceptors (Lipinski definition) is 8. The summed E-state index contributed by atoms with van der Waals surface area (Å²) in [4.78, 5) is 44.3. The molecule has 0 radical (unpaired) electrons. The minimum atomic E-state index is -1.27. The van der Waals surface area contributed by atoms with Gasteiger partial charge in [-0.15, -0.1) is 0 Å². The van der Waals surface area contributed by atoms with E-state index in [1.807, 2.05) is 13.0 Å². The number of nitrogens with one attached hydrogen (secondary N) is 1. The van der Waals surface area contributed by atoms with Crippen molar-refractivity contribution in [2.24, 2.45) is 5.73 Å². The molecule has 1 amide bonds. The number of carbonyl (C=O) groups excluding carboxylic acids is 2. The first-order chi connectivity index (χ1) is 19.6. The summed E-state index contributed by atoms with van der Waals surface area (Å²) in [6.07, 6.45) is 4.04. The maximum atomic E-state index is 13.0. The fraction of sp³-hybridized carbons (Fsp3) is 0.214. The van der Waals surface area contributed by atoms with Crippen LogP contribution in [0.3, 0.4) is 0 Å². The van der Waals surface area contributed by atoms with Crippen LogP contribution in [0.4, 0.5) is 4.39 Å². The molecule has 0 spiro atoms. The third-order valence-corrected chi connectivity index (χ3v) is 6.76. The molecule has 2 heterocycles. The maximum Gasteiger partial charge on any atom is 0.354 e. The summed E-state index contributed by atoms with van der Waals surface area (Å²) in [6, 6.07) is 8.82. The van der Waals surface area contributed by atoms with E-state index in [2.05, 4.69) is 27.0 Å². The molecule has 0 bridgehead atoms. The van der Waals surface area contributed by atoms with Gasteiger partial charge in [0.05, 0.1) is 16.6 Å². The first-order valence-corrected chi connectivity index (χ1v) is 12.8. The molecular weight excluding hydrogens is 555 g/mol. The van der Waals surface area contributed by atoms with E-state index in [4.69, 9.17) is 22.1 Å². The summed E-state index contributed by atoms with van der Waals surface area (Å²) in [5.74, 6) is -2.56. The Kier molecular flexibility index (Phi) is 9.05. The third-order valence-electron chi connectivity index (χ3n) is 6.47. The van der Waals surface area contributed by atoms with Crippen LogP contribution in [0.2, 0.25) is 5.02 Å². The van der Waals surface area contributed by atoms with Gasteiger partial charge in [-0.05, 0) is 60.2 Å². The molecule has 41 heavy (non-hydrogen) atoms. The van der Waals surface area contributed by atoms with Gasteiger partial charge < -0.3 is 20.9 Å². The van der Waals surface area contributed by atoms with Gasteiger partial charge in [0.2, 0.25) is 0 Å². The normalized spacial score (nSPS) is 13.6. The molecular formula is C28H26ClFN6O5. The van der Waals surface area contributed by atoms with Crippen LogP contribution < -0.4 is 11.1 Å². The summed E-state index contributed by atoms with van der Waals surface area (Å²) in [5.41, 5.74) is 9.06. The predicted octanol–water partition coefficient (Wildman–Crippen LogP) is 3.83. The smallest absolute Gasteiger partial charge is 0.354 e. The molecule has 4 aromatic rings. The number of rotatable bonds is 7. The summed E-state index contributed by atoms with van der Waals surface area (Å²) in [5, 5.41) is 16.3. The van der Waals surface area contributed by atoms with E-state index in [0.717, 1.165) is 22.3 Å². The van der Waals surface area contributed by atoms with Crippen LogP contribution in [0.15, 0.2) is 55.4 Å². The van der Waals surface area contributed by atoms with Crippen molar-refractivity contribution in [3.8, 4) is 0 Å². The second-order valence-electron chi connectivity index (χ2n) is 9.01. The lowest BCUT2D eigenvalue weighted by atomic mass is 9.98. The molecule has 2 aromatic carbocycles. The lowest BCUT2D eigenvalue weighted by molar-refractivity contribution is 0.0548. The highest BCUT2D eigenvalue weighted by molar-refractivity contribution is 6.30. The average Bonchev–Trinajstić information content (AvgIpc) is 3.60. The standard InChI is InChI=1S/C21H19N5O5.C7H7ClFN/c1-3-8-31-20(30)13-4-5-14-12(11(13)2)6-7-15(14)24-18(27)17-9-16(19(28)29)25-21-22-10-23-26(17)21;8-6-3-5(4-10)1-2-7(6)9/h3-5,9-10,15H,1,6-8H2,2H3,(H,24,27)(H,28,29);1-3H,4,10H2/t15-;/m0./s1. The van der Waals surface area contributed by atoms with Crippen molar-refractivity contribution < 1.29 is 28.6 Å². The van der Waals surface area contributed by atoms with Crippen molar-refractivity contribution >= 4 is 35.2 Å². The summed E-state index contributed by atoms with van der Waals surface area (Å²) in [7, 11) is 0. The average molecular weight is 581 g/mol. The summed E-state index contributed by atoms with van der Waals surface area (Å²) < 4.78 is 18.8. The van der Waals surface area contributed by atoms with Gasteiger partial charge in [-0.25, -0.2) is 19.0 Å². The van der Waals surface area contributed by atoms with Crippen LogP contribution in [0, 0.1) is 12.7 Å². The van der Waals surface area contributed by atoms with Crippen LogP contribution in [0.5, 0.6) is 0 Å². The summed E-state index contributed by atoms with van der Waals surface area (Å²) in [6.45, 7) is 5.91. The van der Waals surface area contributed by atoms with Gasteiger partial charge in [0.15, 0.2) is 5.69 Å². The van der Waals surface area contributed by atoms with Crippen LogP contribution in [-0.2, 0) is 17.7 Å². The van der Waals surface area contributed by atoms with E-state index < -0.39 is 23.7 Å². The van der Waals surface area contributed by atoms with E-state index in [1.54, 1.807) is 12.1 Å². The zero-order valence-electron chi connectivity index (χ0n) is 21.9. The van der Waals surface area contributed by atoms with Gasteiger partial charge >= 0.3 is 11.9 Å². The Morgan fingerprint density at radius 1 is 1.29 bits per heavy atom. The third kappa shape index (κ3) is 6.39. The number of fused-ring (bicyclic) bond motifs is 2. The van der Waals surface area contributed by atoms with Gasteiger partial charge in [-0.2, -0.15) is 14.6 Å². The molecule has 4 N–H and O–H groups in total. The van der Waals surface area contributed by atoms with Crippen LogP contribution in [0.25, 0.3) is 5.78 Å². The first kappa shape index (κ1) is 29.3. The van der Waals surface area contributed by atoms with Gasteiger partial charge in [0, 0.05) is 12.6 Å². The van der Waals surface area contributed by atoms with E-state index in [0.29, 0.717) is 24.9 Å². The van der Waals surface area contributed by atoms with Crippen LogP contribution in [0.1, 0.15) is 66.1 Å². The lowest BCUT2D eigenvalue weighted by Crippen LogP contribution is -2.29. The Bertz CT molecular complexity index is 1660. The van der Waals surface area contributed by atoms with E-state index in [1.165, 1.54) is 35.1 Å². The Morgan fingerprint density at radius 2 is 2.07 bits per heavy atom. The molecule has 0 fully saturated rings. The molecule has 212 valence electrons. The Hall–Kier alpha value is -4.68. The highest BCUT2D eigenvalue weighted by Gasteiger charge is 2.29. The molecule has 5 rings (SSSR count). The number of aromatic carboxylic acids is 1. The molecule has 1 atom stereocenters. The molecule has 13 heteroatoms. The Balaban J connectivity index is 0.000000328. The highest BCUT2D eigenvalue weighted by Crippen LogP contribution is 2.35. The van der Waals surface area contributed by atoms with E-state index >= 15 is 0 Å².